The van der Waals surface area contributed by atoms with Crippen molar-refractivity contribution in [3.8, 4) is 0 Å². The lowest BCUT2D eigenvalue weighted by atomic mass is 9.94. The summed E-state index contributed by atoms with van der Waals surface area (Å²) < 4.78 is 0. The van der Waals surface area contributed by atoms with Gasteiger partial charge in [-0.05, 0) is 24.8 Å². The van der Waals surface area contributed by atoms with Crippen LogP contribution in [0.2, 0.25) is 0 Å². The zero-order valence-corrected chi connectivity index (χ0v) is 8.49. The van der Waals surface area contributed by atoms with Crippen LogP contribution in [-0.2, 0) is 12.1 Å². The topological polar surface area (TPSA) is 55.1 Å². The summed E-state index contributed by atoms with van der Waals surface area (Å²) in [7, 11) is 0. The molecule has 13 heavy (non-hydrogen) atoms. The van der Waals surface area contributed by atoms with E-state index in [2.05, 4.69) is 5.32 Å². The molecule has 4 heteroatoms. The Morgan fingerprint density at radius 1 is 1.62 bits per heavy atom. The van der Waals surface area contributed by atoms with Crippen molar-refractivity contribution in [2.24, 2.45) is 5.73 Å². The third-order valence-corrected chi connectivity index (χ3v) is 3.18. The molecule has 1 aliphatic rings. The Morgan fingerprint density at radius 2 is 2.31 bits per heavy atom. The molecule has 0 saturated carbocycles. The first-order valence-corrected chi connectivity index (χ1v) is 5.06. The van der Waals surface area contributed by atoms with Crippen LogP contribution in [0.1, 0.15) is 34.6 Å². The summed E-state index contributed by atoms with van der Waals surface area (Å²) in [6.07, 6.45) is 0. The van der Waals surface area contributed by atoms with Crippen molar-refractivity contribution in [2.75, 3.05) is 0 Å². The Balaban J connectivity index is 2.56. The largest absolute Gasteiger partial charge is 0.347 e. The smallest absolute Gasteiger partial charge is 0.253 e. The molecule has 70 valence electrons. The van der Waals surface area contributed by atoms with E-state index in [1.54, 1.807) is 11.3 Å². The fourth-order valence-electron chi connectivity index (χ4n) is 1.50. The summed E-state index contributed by atoms with van der Waals surface area (Å²) in [6.45, 7) is 4.50. The maximum absolute atomic E-state index is 11.4. The molecule has 3 N–H and O–H groups in total. The highest BCUT2D eigenvalue weighted by atomic mass is 32.1. The average molecular weight is 196 g/mol. The summed E-state index contributed by atoms with van der Waals surface area (Å²) in [4.78, 5) is 12.5. The number of rotatable bonds is 1. The van der Waals surface area contributed by atoms with Crippen LogP contribution in [-0.4, -0.2) is 5.91 Å². The molecule has 1 aromatic heterocycles. The van der Waals surface area contributed by atoms with Crippen LogP contribution in [0.4, 0.5) is 0 Å². The van der Waals surface area contributed by atoms with Crippen molar-refractivity contribution in [2.45, 2.75) is 25.9 Å². The van der Waals surface area contributed by atoms with E-state index in [0.29, 0.717) is 6.54 Å². The van der Waals surface area contributed by atoms with Gasteiger partial charge in [0.2, 0.25) is 0 Å². The van der Waals surface area contributed by atoms with Crippen LogP contribution in [0.15, 0.2) is 5.38 Å². The van der Waals surface area contributed by atoms with Crippen LogP contribution in [0, 0.1) is 0 Å². The molecule has 0 aliphatic carbocycles. The van der Waals surface area contributed by atoms with Gasteiger partial charge in [-0.15, -0.1) is 11.3 Å². The number of amides is 1. The Morgan fingerprint density at radius 3 is 2.92 bits per heavy atom. The molecule has 2 rings (SSSR count). The van der Waals surface area contributed by atoms with Gasteiger partial charge in [0, 0.05) is 10.4 Å². The Bertz CT molecular complexity index is 362. The Labute approximate surface area is 80.9 Å². The number of nitrogens with one attached hydrogen (secondary N) is 1. The molecule has 0 spiro atoms. The van der Waals surface area contributed by atoms with Crippen LogP contribution < -0.4 is 11.1 Å². The van der Waals surface area contributed by atoms with Crippen LogP contribution in [0.25, 0.3) is 0 Å². The monoisotopic (exact) mass is 196 g/mol. The number of fused-ring (bicyclic) bond motifs is 1. The van der Waals surface area contributed by atoms with Crippen molar-refractivity contribution in [3.63, 3.8) is 0 Å². The number of thiophene rings is 1. The van der Waals surface area contributed by atoms with Gasteiger partial charge in [-0.1, -0.05) is 0 Å². The van der Waals surface area contributed by atoms with E-state index in [9.17, 15) is 4.79 Å². The van der Waals surface area contributed by atoms with Gasteiger partial charge in [0.15, 0.2) is 0 Å². The van der Waals surface area contributed by atoms with Crippen molar-refractivity contribution in [1.29, 1.82) is 0 Å². The minimum absolute atomic E-state index is 0.0183. The fraction of sp³-hybridized carbons (Fsp3) is 0.444. The van der Waals surface area contributed by atoms with E-state index >= 15 is 0 Å². The first-order valence-electron chi connectivity index (χ1n) is 4.18. The van der Waals surface area contributed by atoms with Gasteiger partial charge in [0.05, 0.1) is 12.1 Å². The molecule has 0 saturated heterocycles. The molecule has 0 fully saturated rings. The van der Waals surface area contributed by atoms with Gasteiger partial charge in [-0.25, -0.2) is 0 Å². The average Bonchev–Trinajstić information content (AvgIpc) is 2.51. The lowest BCUT2D eigenvalue weighted by Gasteiger charge is -2.18. The number of carbonyl (C=O) groups excluding carboxylic acids is 1. The zero-order valence-electron chi connectivity index (χ0n) is 7.68. The minimum atomic E-state index is -0.425. The van der Waals surface area contributed by atoms with Gasteiger partial charge in [0.25, 0.3) is 5.91 Å². The molecule has 0 radical (unpaired) electrons. The van der Waals surface area contributed by atoms with E-state index in [1.807, 2.05) is 19.2 Å². The SMILES string of the molecule is CC(C)(N)c1csc2c1C(=O)NC2. The number of hydrogen-bond donors (Lipinski definition) is 2. The van der Waals surface area contributed by atoms with Gasteiger partial charge in [-0.2, -0.15) is 0 Å². The maximum atomic E-state index is 11.4. The van der Waals surface area contributed by atoms with Crippen LogP contribution >= 0.6 is 11.3 Å². The van der Waals surface area contributed by atoms with Gasteiger partial charge >= 0.3 is 0 Å². The molecule has 1 amide bonds. The second-order valence-electron chi connectivity index (χ2n) is 3.85. The van der Waals surface area contributed by atoms with Gasteiger partial charge in [0.1, 0.15) is 0 Å². The van der Waals surface area contributed by atoms with Crippen LogP contribution in [0.3, 0.4) is 0 Å². The molecule has 0 aromatic carbocycles. The first-order chi connectivity index (χ1) is 6.00. The maximum Gasteiger partial charge on any atom is 0.253 e. The third kappa shape index (κ3) is 1.26. The predicted octanol–water partition coefficient (Wildman–Crippen LogP) is 1.19. The first kappa shape index (κ1) is 8.72. The van der Waals surface area contributed by atoms with Gasteiger partial charge < -0.3 is 11.1 Å². The molecule has 3 nitrogen and oxygen atoms in total. The summed E-state index contributed by atoms with van der Waals surface area (Å²) in [5, 5.41) is 4.78. The van der Waals surface area contributed by atoms with Crippen molar-refractivity contribution in [1.82, 2.24) is 5.32 Å². The highest BCUT2D eigenvalue weighted by Gasteiger charge is 2.30. The van der Waals surface area contributed by atoms with E-state index in [-0.39, 0.29) is 5.91 Å². The van der Waals surface area contributed by atoms with Crippen molar-refractivity contribution in [3.05, 3.63) is 21.4 Å². The van der Waals surface area contributed by atoms with E-state index in [4.69, 9.17) is 5.73 Å². The number of nitrogens with two attached hydrogens (primary N) is 1. The lowest BCUT2D eigenvalue weighted by molar-refractivity contribution is 0.0964. The second kappa shape index (κ2) is 2.56. The second-order valence-corrected chi connectivity index (χ2v) is 4.82. The molecule has 0 bridgehead atoms. The molecule has 1 aliphatic heterocycles. The molecule has 1 aromatic rings. The molecule has 2 heterocycles. The summed E-state index contributed by atoms with van der Waals surface area (Å²) in [5.74, 6) is 0.0183. The van der Waals surface area contributed by atoms with E-state index in [1.165, 1.54) is 0 Å². The predicted molar refractivity (Wildman–Crippen MR) is 52.7 cm³/mol. The van der Waals surface area contributed by atoms with Crippen LogP contribution in [0.5, 0.6) is 0 Å². The molecule has 0 atom stereocenters. The van der Waals surface area contributed by atoms with Gasteiger partial charge in [-0.3, -0.25) is 4.79 Å². The quantitative estimate of drug-likeness (QED) is 0.708. The van der Waals surface area contributed by atoms with E-state index < -0.39 is 5.54 Å². The normalized spacial score (nSPS) is 15.8. The highest BCUT2D eigenvalue weighted by molar-refractivity contribution is 7.10. The molecule has 0 unspecified atom stereocenters. The Hall–Kier alpha value is -0.870. The fourth-order valence-corrected chi connectivity index (χ4v) is 2.66. The number of hydrogen-bond acceptors (Lipinski definition) is 3. The summed E-state index contributed by atoms with van der Waals surface area (Å²) >= 11 is 1.61. The highest BCUT2D eigenvalue weighted by Crippen LogP contribution is 2.32. The zero-order chi connectivity index (χ0) is 9.64. The minimum Gasteiger partial charge on any atom is -0.347 e. The molecular weight excluding hydrogens is 184 g/mol. The summed E-state index contributed by atoms with van der Waals surface area (Å²) in [5.41, 5.74) is 7.30. The third-order valence-electron chi connectivity index (χ3n) is 2.20. The van der Waals surface area contributed by atoms with Crippen molar-refractivity contribution < 1.29 is 4.79 Å². The Kier molecular flexibility index (Phi) is 1.72. The molecular formula is C9H12N2OS. The van der Waals surface area contributed by atoms with E-state index in [0.717, 1.165) is 16.0 Å². The van der Waals surface area contributed by atoms with Crippen molar-refractivity contribution >= 4 is 17.2 Å². The number of carbonyl (C=O) groups is 1. The lowest BCUT2D eigenvalue weighted by Crippen LogP contribution is -2.30. The summed E-state index contributed by atoms with van der Waals surface area (Å²) in [6, 6.07) is 0. The standard InChI is InChI=1S/C9H12N2OS/c1-9(2,10)5-4-13-6-3-11-8(12)7(5)6/h4H,3,10H2,1-2H3,(H,11,12).